The SMILES string of the molecule is Cc1cc(CN)c(C)c(Br)c1O. The third-order valence-corrected chi connectivity index (χ3v) is 2.97. The molecule has 3 N–H and O–H groups in total. The van der Waals surface area contributed by atoms with E-state index in [9.17, 15) is 5.11 Å². The van der Waals surface area contributed by atoms with Gasteiger partial charge in [-0.1, -0.05) is 6.07 Å². The first-order valence-corrected chi connectivity index (χ1v) is 4.54. The monoisotopic (exact) mass is 229 g/mol. The molecule has 0 aliphatic heterocycles. The van der Waals surface area contributed by atoms with Gasteiger partial charge in [-0.2, -0.15) is 0 Å². The molecule has 1 aromatic rings. The van der Waals surface area contributed by atoms with Crippen molar-refractivity contribution in [1.82, 2.24) is 0 Å². The fourth-order valence-electron chi connectivity index (χ4n) is 1.14. The molecule has 0 unspecified atom stereocenters. The Kier molecular flexibility index (Phi) is 2.75. The quantitative estimate of drug-likeness (QED) is 0.777. The molecule has 66 valence electrons. The van der Waals surface area contributed by atoms with Gasteiger partial charge in [0.25, 0.3) is 0 Å². The van der Waals surface area contributed by atoms with Crippen LogP contribution in [-0.2, 0) is 6.54 Å². The molecule has 3 heteroatoms. The molecule has 0 spiro atoms. The Morgan fingerprint density at radius 2 is 2.08 bits per heavy atom. The van der Waals surface area contributed by atoms with Gasteiger partial charge in [-0.15, -0.1) is 0 Å². The lowest BCUT2D eigenvalue weighted by atomic mass is 10.0. The minimum absolute atomic E-state index is 0.310. The molecule has 2 nitrogen and oxygen atoms in total. The van der Waals surface area contributed by atoms with E-state index in [0.29, 0.717) is 12.3 Å². The fourth-order valence-corrected chi connectivity index (χ4v) is 1.71. The van der Waals surface area contributed by atoms with E-state index < -0.39 is 0 Å². The Morgan fingerprint density at radius 1 is 1.50 bits per heavy atom. The molecule has 0 fully saturated rings. The van der Waals surface area contributed by atoms with Crippen molar-refractivity contribution in [3.8, 4) is 5.75 Å². The normalized spacial score (nSPS) is 10.3. The molecule has 0 amide bonds. The topological polar surface area (TPSA) is 46.2 Å². The Labute approximate surface area is 80.5 Å². The Bertz CT molecular complexity index is 310. The van der Waals surface area contributed by atoms with E-state index in [0.717, 1.165) is 21.2 Å². The van der Waals surface area contributed by atoms with Crippen molar-refractivity contribution in [1.29, 1.82) is 0 Å². The Morgan fingerprint density at radius 3 is 2.58 bits per heavy atom. The molecule has 0 atom stereocenters. The zero-order valence-corrected chi connectivity index (χ0v) is 8.77. The summed E-state index contributed by atoms with van der Waals surface area (Å²) in [7, 11) is 0. The van der Waals surface area contributed by atoms with E-state index >= 15 is 0 Å². The highest BCUT2D eigenvalue weighted by Crippen LogP contribution is 2.32. The van der Waals surface area contributed by atoms with Crippen LogP contribution in [0.2, 0.25) is 0 Å². The molecule has 0 bridgehead atoms. The molecule has 0 aliphatic carbocycles. The molecule has 1 rings (SSSR count). The second kappa shape index (κ2) is 3.46. The molecule has 0 heterocycles. The summed E-state index contributed by atoms with van der Waals surface area (Å²) in [6.45, 7) is 4.30. The van der Waals surface area contributed by atoms with Crippen LogP contribution >= 0.6 is 15.9 Å². The highest BCUT2D eigenvalue weighted by Gasteiger charge is 2.08. The van der Waals surface area contributed by atoms with E-state index in [1.807, 2.05) is 19.9 Å². The maximum Gasteiger partial charge on any atom is 0.132 e. The second-order valence-corrected chi connectivity index (χ2v) is 3.64. The van der Waals surface area contributed by atoms with Crippen molar-refractivity contribution in [3.63, 3.8) is 0 Å². The van der Waals surface area contributed by atoms with Gasteiger partial charge >= 0.3 is 0 Å². The number of hydrogen-bond acceptors (Lipinski definition) is 2. The molecule has 12 heavy (non-hydrogen) atoms. The van der Waals surface area contributed by atoms with Crippen LogP contribution in [0, 0.1) is 13.8 Å². The third kappa shape index (κ3) is 1.47. The van der Waals surface area contributed by atoms with Crippen molar-refractivity contribution in [2.24, 2.45) is 5.73 Å². The third-order valence-electron chi connectivity index (χ3n) is 2.00. The van der Waals surface area contributed by atoms with Gasteiger partial charge in [0.1, 0.15) is 5.75 Å². The van der Waals surface area contributed by atoms with Gasteiger partial charge in [0.2, 0.25) is 0 Å². The lowest BCUT2D eigenvalue weighted by Gasteiger charge is -2.09. The number of halogens is 1. The number of hydrogen-bond donors (Lipinski definition) is 2. The molecule has 0 aromatic heterocycles. The van der Waals surface area contributed by atoms with Crippen LogP contribution in [0.15, 0.2) is 10.5 Å². The van der Waals surface area contributed by atoms with Crippen LogP contribution < -0.4 is 5.73 Å². The van der Waals surface area contributed by atoms with Gasteiger partial charge in [0.05, 0.1) is 4.47 Å². The van der Waals surface area contributed by atoms with Crippen LogP contribution in [0.1, 0.15) is 16.7 Å². The van der Waals surface area contributed by atoms with Crippen molar-refractivity contribution in [2.75, 3.05) is 0 Å². The van der Waals surface area contributed by atoms with Crippen molar-refractivity contribution >= 4 is 15.9 Å². The molecule has 0 saturated carbocycles. The van der Waals surface area contributed by atoms with Gasteiger partial charge in [-0.05, 0) is 46.5 Å². The molecular weight excluding hydrogens is 218 g/mol. The van der Waals surface area contributed by atoms with Gasteiger partial charge < -0.3 is 10.8 Å². The average Bonchev–Trinajstić information content (AvgIpc) is 2.08. The first-order chi connectivity index (χ1) is 5.57. The van der Waals surface area contributed by atoms with Crippen molar-refractivity contribution in [3.05, 3.63) is 27.2 Å². The summed E-state index contributed by atoms with van der Waals surface area (Å²) in [5.41, 5.74) is 8.47. The largest absolute Gasteiger partial charge is 0.506 e. The summed E-state index contributed by atoms with van der Waals surface area (Å²) in [4.78, 5) is 0. The number of nitrogens with two attached hydrogens (primary N) is 1. The van der Waals surface area contributed by atoms with Crippen LogP contribution in [0.3, 0.4) is 0 Å². The van der Waals surface area contributed by atoms with Crippen LogP contribution in [0.5, 0.6) is 5.75 Å². The first-order valence-electron chi connectivity index (χ1n) is 3.75. The highest BCUT2D eigenvalue weighted by atomic mass is 79.9. The first kappa shape index (κ1) is 9.55. The van der Waals surface area contributed by atoms with E-state index in [1.165, 1.54) is 0 Å². The zero-order chi connectivity index (χ0) is 9.30. The van der Waals surface area contributed by atoms with Gasteiger partial charge in [-0.25, -0.2) is 0 Å². The predicted molar refractivity (Wildman–Crippen MR) is 53.2 cm³/mol. The minimum atomic E-state index is 0.310. The smallest absolute Gasteiger partial charge is 0.132 e. The standard InChI is InChI=1S/C9H12BrNO/c1-5-3-7(4-11)6(2)8(10)9(5)12/h3,12H,4,11H2,1-2H3. The number of aromatic hydroxyl groups is 1. The summed E-state index contributed by atoms with van der Waals surface area (Å²) in [5.74, 6) is 0.310. The Balaban J connectivity index is 3.39. The minimum Gasteiger partial charge on any atom is -0.506 e. The van der Waals surface area contributed by atoms with Crippen molar-refractivity contribution in [2.45, 2.75) is 20.4 Å². The van der Waals surface area contributed by atoms with Gasteiger partial charge in [-0.3, -0.25) is 0 Å². The van der Waals surface area contributed by atoms with Crippen LogP contribution in [0.4, 0.5) is 0 Å². The van der Waals surface area contributed by atoms with Gasteiger partial charge in [0, 0.05) is 6.54 Å². The van der Waals surface area contributed by atoms with Crippen LogP contribution in [0.25, 0.3) is 0 Å². The number of rotatable bonds is 1. The van der Waals surface area contributed by atoms with E-state index in [2.05, 4.69) is 15.9 Å². The number of phenols is 1. The van der Waals surface area contributed by atoms with E-state index in [1.54, 1.807) is 0 Å². The lowest BCUT2D eigenvalue weighted by molar-refractivity contribution is 0.466. The maximum atomic E-state index is 9.52. The van der Waals surface area contributed by atoms with Gasteiger partial charge in [0.15, 0.2) is 0 Å². The highest BCUT2D eigenvalue weighted by molar-refractivity contribution is 9.10. The van der Waals surface area contributed by atoms with Crippen molar-refractivity contribution < 1.29 is 5.11 Å². The molecule has 0 radical (unpaired) electrons. The van der Waals surface area contributed by atoms with E-state index in [-0.39, 0.29) is 0 Å². The van der Waals surface area contributed by atoms with Crippen LogP contribution in [-0.4, -0.2) is 5.11 Å². The second-order valence-electron chi connectivity index (χ2n) is 2.84. The average molecular weight is 230 g/mol. The Hall–Kier alpha value is -0.540. The summed E-state index contributed by atoms with van der Waals surface area (Å²) in [6.07, 6.45) is 0. The lowest BCUT2D eigenvalue weighted by Crippen LogP contribution is -2.00. The summed E-state index contributed by atoms with van der Waals surface area (Å²) in [5, 5.41) is 9.52. The molecule has 0 aliphatic rings. The summed E-state index contributed by atoms with van der Waals surface area (Å²) >= 11 is 3.32. The number of aryl methyl sites for hydroxylation is 1. The fraction of sp³-hybridized carbons (Fsp3) is 0.333. The van der Waals surface area contributed by atoms with E-state index in [4.69, 9.17) is 5.73 Å². The number of phenolic OH excluding ortho intramolecular Hbond substituents is 1. The molecule has 0 saturated heterocycles. The zero-order valence-electron chi connectivity index (χ0n) is 7.19. The molecular formula is C9H12BrNO. The number of benzene rings is 1. The summed E-state index contributed by atoms with van der Waals surface area (Å²) < 4.78 is 0.753. The molecule has 1 aromatic carbocycles. The maximum absolute atomic E-state index is 9.52. The summed E-state index contributed by atoms with van der Waals surface area (Å²) in [6, 6.07) is 1.91. The predicted octanol–water partition coefficient (Wildman–Crippen LogP) is 2.23.